The van der Waals surface area contributed by atoms with Crippen molar-refractivity contribution in [3.8, 4) is 28.6 Å². The number of carbonyl (C=O) groups is 1. The lowest BCUT2D eigenvalue weighted by Crippen LogP contribution is -2.16. The van der Waals surface area contributed by atoms with E-state index >= 15 is 0 Å². The van der Waals surface area contributed by atoms with E-state index in [9.17, 15) is 9.59 Å². The SMILES string of the molecule is COc1ccc(-c2oc3cc(C)c(Cl)cc3c(=O)c2OC(=O)c2cccc(OC)c2)cc1. The van der Waals surface area contributed by atoms with E-state index in [0.717, 1.165) is 5.56 Å². The average Bonchev–Trinajstić information content (AvgIpc) is 2.82. The first kappa shape index (κ1) is 21.5. The summed E-state index contributed by atoms with van der Waals surface area (Å²) in [6.07, 6.45) is 0. The molecule has 0 bridgehead atoms. The number of hydrogen-bond donors (Lipinski definition) is 0. The topological polar surface area (TPSA) is 75.0 Å². The zero-order chi connectivity index (χ0) is 22.8. The van der Waals surface area contributed by atoms with Crippen LogP contribution >= 0.6 is 11.6 Å². The van der Waals surface area contributed by atoms with Crippen LogP contribution in [0.3, 0.4) is 0 Å². The summed E-state index contributed by atoms with van der Waals surface area (Å²) in [4.78, 5) is 26.2. The van der Waals surface area contributed by atoms with Crippen LogP contribution in [0.2, 0.25) is 5.02 Å². The zero-order valence-electron chi connectivity index (χ0n) is 17.6. The van der Waals surface area contributed by atoms with E-state index in [4.69, 9.17) is 30.2 Å². The van der Waals surface area contributed by atoms with Crippen molar-refractivity contribution >= 4 is 28.5 Å². The quantitative estimate of drug-likeness (QED) is 0.365. The molecule has 0 aliphatic heterocycles. The number of ether oxygens (including phenoxy) is 3. The summed E-state index contributed by atoms with van der Waals surface area (Å²) < 4.78 is 22.0. The predicted octanol–water partition coefficient (Wildman–Crippen LogP) is 5.66. The number of methoxy groups -OCH3 is 2. The number of carbonyl (C=O) groups excluding carboxylic acids is 1. The van der Waals surface area contributed by atoms with Crippen molar-refractivity contribution in [1.29, 1.82) is 0 Å². The van der Waals surface area contributed by atoms with Crippen LogP contribution in [-0.4, -0.2) is 20.2 Å². The van der Waals surface area contributed by atoms with E-state index < -0.39 is 11.4 Å². The van der Waals surface area contributed by atoms with Crippen LogP contribution in [0.25, 0.3) is 22.3 Å². The van der Waals surface area contributed by atoms with E-state index in [1.54, 1.807) is 55.6 Å². The van der Waals surface area contributed by atoms with Crippen LogP contribution in [0.4, 0.5) is 0 Å². The van der Waals surface area contributed by atoms with E-state index in [1.807, 2.05) is 6.92 Å². The van der Waals surface area contributed by atoms with Crippen LogP contribution in [0.5, 0.6) is 17.2 Å². The fraction of sp³-hybridized carbons (Fsp3) is 0.120. The highest BCUT2D eigenvalue weighted by Crippen LogP contribution is 2.34. The molecule has 0 amide bonds. The molecule has 1 aromatic heterocycles. The number of aryl methyl sites for hydroxylation is 1. The second-order valence-corrected chi connectivity index (χ2v) is 7.44. The highest BCUT2D eigenvalue weighted by molar-refractivity contribution is 6.32. The number of benzene rings is 3. The van der Waals surface area contributed by atoms with Gasteiger partial charge in [0, 0.05) is 10.6 Å². The lowest BCUT2D eigenvalue weighted by Gasteiger charge is -2.12. The van der Waals surface area contributed by atoms with Crippen molar-refractivity contribution in [2.75, 3.05) is 14.2 Å². The molecule has 1 heterocycles. The molecule has 0 atom stereocenters. The molecule has 0 N–H and O–H groups in total. The van der Waals surface area contributed by atoms with Gasteiger partial charge in [0.2, 0.25) is 11.2 Å². The van der Waals surface area contributed by atoms with E-state index in [1.165, 1.54) is 19.2 Å². The van der Waals surface area contributed by atoms with E-state index in [-0.39, 0.29) is 22.5 Å². The molecule has 0 spiro atoms. The average molecular weight is 451 g/mol. The predicted molar refractivity (Wildman–Crippen MR) is 122 cm³/mol. The largest absolute Gasteiger partial charge is 0.497 e. The molecule has 0 saturated heterocycles. The standard InChI is InChI=1S/C25H19ClO6/c1-14-11-21-19(13-20(14)26)22(27)24(23(31-21)15-7-9-17(29-2)10-8-15)32-25(28)16-5-4-6-18(12-16)30-3/h4-13H,1-3H3. The summed E-state index contributed by atoms with van der Waals surface area (Å²) in [6.45, 7) is 1.81. The third-order valence-electron chi connectivity index (χ3n) is 4.98. The molecule has 6 nitrogen and oxygen atoms in total. The van der Waals surface area contributed by atoms with Gasteiger partial charge in [0.15, 0.2) is 5.76 Å². The lowest BCUT2D eigenvalue weighted by atomic mass is 10.1. The van der Waals surface area contributed by atoms with Gasteiger partial charge >= 0.3 is 5.97 Å². The Bertz CT molecular complexity index is 1370. The van der Waals surface area contributed by atoms with Crippen LogP contribution < -0.4 is 19.6 Å². The first-order valence-corrected chi connectivity index (χ1v) is 10.1. The molecule has 0 radical (unpaired) electrons. The summed E-state index contributed by atoms with van der Waals surface area (Å²) in [7, 11) is 3.05. The molecule has 0 aliphatic rings. The van der Waals surface area contributed by atoms with Crippen LogP contribution in [0.15, 0.2) is 69.9 Å². The molecule has 7 heteroatoms. The highest BCUT2D eigenvalue weighted by Gasteiger charge is 2.22. The van der Waals surface area contributed by atoms with Gasteiger partial charge in [-0.3, -0.25) is 4.79 Å². The van der Waals surface area contributed by atoms with Crippen molar-refractivity contribution < 1.29 is 23.4 Å². The summed E-state index contributed by atoms with van der Waals surface area (Å²) in [5.74, 6) is 0.305. The minimum atomic E-state index is -0.719. The van der Waals surface area contributed by atoms with Gasteiger partial charge in [-0.25, -0.2) is 4.79 Å². The van der Waals surface area contributed by atoms with Gasteiger partial charge < -0.3 is 18.6 Å². The third kappa shape index (κ3) is 4.05. The second kappa shape index (κ2) is 8.77. The Balaban J connectivity index is 1.89. The molecule has 0 saturated carbocycles. The summed E-state index contributed by atoms with van der Waals surface area (Å²) in [5, 5.41) is 0.623. The van der Waals surface area contributed by atoms with Gasteiger partial charge in [-0.05, 0) is 67.1 Å². The Morgan fingerprint density at radius 1 is 0.938 bits per heavy atom. The fourth-order valence-corrected chi connectivity index (χ4v) is 3.39. The molecular weight excluding hydrogens is 432 g/mol. The number of fused-ring (bicyclic) bond motifs is 1. The van der Waals surface area contributed by atoms with Crippen molar-refractivity contribution in [1.82, 2.24) is 0 Å². The Morgan fingerprint density at radius 2 is 1.66 bits per heavy atom. The highest BCUT2D eigenvalue weighted by atomic mass is 35.5. The van der Waals surface area contributed by atoms with Gasteiger partial charge in [0.05, 0.1) is 25.2 Å². The molecule has 162 valence electrons. The maximum atomic E-state index is 13.4. The van der Waals surface area contributed by atoms with Gasteiger partial charge in [-0.1, -0.05) is 17.7 Å². The number of rotatable bonds is 5. The lowest BCUT2D eigenvalue weighted by molar-refractivity contribution is 0.0731. The van der Waals surface area contributed by atoms with E-state index in [0.29, 0.717) is 27.7 Å². The summed E-state index contributed by atoms with van der Waals surface area (Å²) in [6, 6.07) is 16.5. The minimum Gasteiger partial charge on any atom is -0.497 e. The first-order chi connectivity index (χ1) is 15.4. The van der Waals surface area contributed by atoms with Crippen LogP contribution in [0.1, 0.15) is 15.9 Å². The Hall–Kier alpha value is -3.77. The second-order valence-electron chi connectivity index (χ2n) is 7.04. The summed E-state index contributed by atoms with van der Waals surface area (Å²) >= 11 is 6.22. The fourth-order valence-electron chi connectivity index (χ4n) is 3.23. The van der Waals surface area contributed by atoms with Crippen molar-refractivity contribution in [3.63, 3.8) is 0 Å². The number of hydrogen-bond acceptors (Lipinski definition) is 6. The van der Waals surface area contributed by atoms with Crippen LogP contribution in [0, 0.1) is 6.92 Å². The first-order valence-electron chi connectivity index (χ1n) is 9.69. The smallest absolute Gasteiger partial charge is 0.343 e. The Kier molecular flexibility index (Phi) is 5.88. The molecule has 4 rings (SSSR count). The van der Waals surface area contributed by atoms with Crippen LogP contribution in [-0.2, 0) is 0 Å². The summed E-state index contributed by atoms with van der Waals surface area (Å²) in [5.41, 5.74) is 1.36. The third-order valence-corrected chi connectivity index (χ3v) is 5.39. The molecule has 0 fully saturated rings. The molecule has 3 aromatic carbocycles. The normalized spacial score (nSPS) is 10.8. The van der Waals surface area contributed by atoms with Crippen molar-refractivity contribution in [2.45, 2.75) is 6.92 Å². The Labute approximate surface area is 188 Å². The number of esters is 1. The van der Waals surface area contributed by atoms with Gasteiger partial charge in [0.1, 0.15) is 17.1 Å². The number of halogens is 1. The van der Waals surface area contributed by atoms with Crippen molar-refractivity contribution in [2.24, 2.45) is 0 Å². The molecule has 0 unspecified atom stereocenters. The van der Waals surface area contributed by atoms with Gasteiger partial charge in [-0.2, -0.15) is 0 Å². The maximum absolute atomic E-state index is 13.4. The zero-order valence-corrected chi connectivity index (χ0v) is 18.4. The monoisotopic (exact) mass is 450 g/mol. The molecule has 0 aliphatic carbocycles. The molecule has 4 aromatic rings. The van der Waals surface area contributed by atoms with Crippen molar-refractivity contribution in [3.05, 3.63) is 87.0 Å². The Morgan fingerprint density at radius 3 is 2.34 bits per heavy atom. The van der Waals surface area contributed by atoms with Gasteiger partial charge in [-0.15, -0.1) is 0 Å². The maximum Gasteiger partial charge on any atom is 0.343 e. The molecule has 32 heavy (non-hydrogen) atoms. The van der Waals surface area contributed by atoms with Gasteiger partial charge in [0.25, 0.3) is 0 Å². The molecular formula is C25H19ClO6. The minimum absolute atomic E-state index is 0.128. The van der Waals surface area contributed by atoms with E-state index in [2.05, 4.69) is 0 Å².